The Morgan fingerprint density at radius 2 is 1.61 bits per heavy atom. The van der Waals surface area contributed by atoms with E-state index in [1.807, 2.05) is 30.3 Å². The summed E-state index contributed by atoms with van der Waals surface area (Å²) in [6.45, 7) is -0.482. The van der Waals surface area contributed by atoms with Gasteiger partial charge in [0.15, 0.2) is 12.6 Å². The molecule has 12 heteroatoms. The number of rotatable bonds is 7. The third kappa shape index (κ3) is 5.71. The normalized spacial score (nSPS) is 39.4. The molecular formula is C26H32O11S. The van der Waals surface area contributed by atoms with Crippen molar-refractivity contribution in [1.82, 2.24) is 0 Å². The van der Waals surface area contributed by atoms with Gasteiger partial charge in [-0.3, -0.25) is 0 Å². The first-order valence-electron chi connectivity index (χ1n) is 12.3. The predicted octanol–water partition coefficient (Wildman–Crippen LogP) is 0.172. The standard InChI is InChI=1S/C26H32O11S/c1-32-14-9-7-13(8-10-14)24-33-12-17-23(36-24)18(28)20(30)25(34-17)37-22-16(11-27)35-26(21(31)19(22)29)38-15-5-3-2-4-6-15/h2-10,16-31H,11-12H2,1H3/t16?,17?,18?,19?,20?,21?,22-,23-,24?,25+,26+/m1/s1. The minimum atomic E-state index is -1.55. The summed E-state index contributed by atoms with van der Waals surface area (Å²) >= 11 is 1.20. The fraction of sp³-hybridized carbons (Fsp3) is 0.538. The minimum absolute atomic E-state index is 0.0383. The van der Waals surface area contributed by atoms with Crippen LogP contribution in [0.4, 0.5) is 0 Å². The second-order valence-corrected chi connectivity index (χ2v) is 10.5. The van der Waals surface area contributed by atoms with Gasteiger partial charge in [0.25, 0.3) is 0 Å². The average Bonchev–Trinajstić information content (AvgIpc) is 2.95. The summed E-state index contributed by atoms with van der Waals surface area (Å²) in [6.07, 6.45) is -11.9. The van der Waals surface area contributed by atoms with Gasteiger partial charge in [-0.1, -0.05) is 42.1 Å². The van der Waals surface area contributed by atoms with Gasteiger partial charge in [0.05, 0.1) is 20.3 Å². The van der Waals surface area contributed by atoms with Gasteiger partial charge < -0.3 is 54.0 Å². The molecule has 38 heavy (non-hydrogen) atoms. The smallest absolute Gasteiger partial charge is 0.187 e. The molecule has 2 aromatic rings. The maximum atomic E-state index is 10.9. The summed E-state index contributed by atoms with van der Waals surface area (Å²) < 4.78 is 34.4. The third-order valence-corrected chi connectivity index (χ3v) is 8.00. The van der Waals surface area contributed by atoms with Crippen LogP contribution in [0.5, 0.6) is 5.75 Å². The van der Waals surface area contributed by atoms with Crippen molar-refractivity contribution in [1.29, 1.82) is 0 Å². The molecule has 0 aliphatic carbocycles. The second-order valence-electron chi connectivity index (χ2n) is 9.30. The highest BCUT2D eigenvalue weighted by molar-refractivity contribution is 7.99. The van der Waals surface area contributed by atoms with Crippen molar-refractivity contribution in [3.63, 3.8) is 0 Å². The molecule has 11 atom stereocenters. The van der Waals surface area contributed by atoms with Gasteiger partial charge in [0.1, 0.15) is 60.0 Å². The van der Waals surface area contributed by atoms with E-state index in [0.717, 1.165) is 4.90 Å². The molecule has 3 fully saturated rings. The summed E-state index contributed by atoms with van der Waals surface area (Å²) in [5.74, 6) is 0.670. The van der Waals surface area contributed by atoms with E-state index in [2.05, 4.69) is 0 Å². The lowest BCUT2D eigenvalue weighted by Crippen LogP contribution is -2.65. The van der Waals surface area contributed by atoms with Crippen molar-refractivity contribution < 1.29 is 54.0 Å². The Labute approximate surface area is 223 Å². The number of benzene rings is 2. The van der Waals surface area contributed by atoms with Crippen LogP contribution < -0.4 is 4.74 Å². The molecule has 3 aliphatic heterocycles. The number of thioether (sulfide) groups is 1. The maximum Gasteiger partial charge on any atom is 0.187 e. The fourth-order valence-corrected chi connectivity index (χ4v) is 5.81. The number of fused-ring (bicyclic) bond motifs is 1. The molecule has 3 saturated heterocycles. The van der Waals surface area contributed by atoms with Crippen molar-refractivity contribution in [2.24, 2.45) is 0 Å². The molecule has 0 radical (unpaired) electrons. The monoisotopic (exact) mass is 552 g/mol. The van der Waals surface area contributed by atoms with E-state index in [1.165, 1.54) is 11.8 Å². The lowest BCUT2D eigenvalue weighted by molar-refractivity contribution is -0.377. The highest BCUT2D eigenvalue weighted by atomic mass is 32.2. The number of aliphatic hydroxyl groups excluding tert-OH is 5. The van der Waals surface area contributed by atoms with E-state index >= 15 is 0 Å². The lowest BCUT2D eigenvalue weighted by Gasteiger charge is -2.48. The van der Waals surface area contributed by atoms with Gasteiger partial charge in [0, 0.05) is 10.5 Å². The molecule has 0 saturated carbocycles. The van der Waals surface area contributed by atoms with E-state index in [-0.39, 0.29) is 6.61 Å². The molecule has 5 N–H and O–H groups in total. The molecular weight excluding hydrogens is 520 g/mol. The number of aliphatic hydroxyl groups is 5. The largest absolute Gasteiger partial charge is 0.497 e. The highest BCUT2D eigenvalue weighted by Gasteiger charge is 2.52. The number of methoxy groups -OCH3 is 1. The topological polar surface area (TPSA) is 157 Å². The van der Waals surface area contributed by atoms with E-state index in [1.54, 1.807) is 31.4 Å². The molecule has 0 bridgehead atoms. The van der Waals surface area contributed by atoms with Crippen LogP contribution in [-0.4, -0.2) is 106 Å². The summed E-state index contributed by atoms with van der Waals surface area (Å²) in [6, 6.07) is 16.3. The van der Waals surface area contributed by atoms with E-state index in [0.29, 0.717) is 11.3 Å². The summed E-state index contributed by atoms with van der Waals surface area (Å²) in [4.78, 5) is 0.810. The summed E-state index contributed by atoms with van der Waals surface area (Å²) in [5.41, 5.74) is -0.166. The zero-order valence-electron chi connectivity index (χ0n) is 20.6. The van der Waals surface area contributed by atoms with Gasteiger partial charge >= 0.3 is 0 Å². The fourth-order valence-electron chi connectivity index (χ4n) is 4.73. The summed E-state index contributed by atoms with van der Waals surface area (Å²) in [7, 11) is 1.56. The van der Waals surface area contributed by atoms with Crippen LogP contribution >= 0.6 is 11.8 Å². The van der Waals surface area contributed by atoms with Crippen LogP contribution in [0, 0.1) is 0 Å². The molecule has 7 unspecified atom stereocenters. The molecule has 3 heterocycles. The zero-order valence-corrected chi connectivity index (χ0v) is 21.4. The van der Waals surface area contributed by atoms with Crippen LogP contribution in [0.25, 0.3) is 0 Å². The average molecular weight is 553 g/mol. The first-order chi connectivity index (χ1) is 18.4. The Kier molecular flexibility index (Phi) is 8.87. The van der Waals surface area contributed by atoms with Crippen LogP contribution in [0.2, 0.25) is 0 Å². The first-order valence-corrected chi connectivity index (χ1v) is 13.2. The van der Waals surface area contributed by atoms with Crippen LogP contribution in [-0.2, 0) is 23.7 Å². The Bertz CT molecular complexity index is 1020. The van der Waals surface area contributed by atoms with Crippen molar-refractivity contribution in [2.75, 3.05) is 20.3 Å². The quantitative estimate of drug-likeness (QED) is 0.318. The molecule has 0 spiro atoms. The van der Waals surface area contributed by atoms with Gasteiger partial charge in [-0.05, 0) is 24.3 Å². The van der Waals surface area contributed by atoms with Crippen LogP contribution in [0.15, 0.2) is 59.5 Å². The molecule has 0 amide bonds. The lowest BCUT2D eigenvalue weighted by atomic mass is 9.96. The Morgan fingerprint density at radius 1 is 0.868 bits per heavy atom. The molecule has 2 aromatic carbocycles. The van der Waals surface area contributed by atoms with Gasteiger partial charge in [-0.15, -0.1) is 0 Å². The predicted molar refractivity (Wildman–Crippen MR) is 132 cm³/mol. The van der Waals surface area contributed by atoms with Gasteiger partial charge in [0.2, 0.25) is 0 Å². The second kappa shape index (κ2) is 12.1. The molecule has 0 aromatic heterocycles. The van der Waals surface area contributed by atoms with Crippen LogP contribution in [0.3, 0.4) is 0 Å². The number of ether oxygens (including phenoxy) is 6. The van der Waals surface area contributed by atoms with Gasteiger partial charge in [-0.25, -0.2) is 0 Å². The van der Waals surface area contributed by atoms with Crippen molar-refractivity contribution in [3.8, 4) is 5.75 Å². The molecule has 5 rings (SSSR count). The number of hydrogen-bond acceptors (Lipinski definition) is 12. The third-order valence-electron chi connectivity index (χ3n) is 6.83. The van der Waals surface area contributed by atoms with Crippen molar-refractivity contribution in [3.05, 3.63) is 60.2 Å². The van der Waals surface area contributed by atoms with E-state index < -0.39 is 73.5 Å². The van der Waals surface area contributed by atoms with E-state index in [9.17, 15) is 25.5 Å². The number of hydrogen-bond donors (Lipinski definition) is 5. The Balaban J connectivity index is 1.23. The first kappa shape index (κ1) is 27.7. The Morgan fingerprint density at radius 3 is 2.29 bits per heavy atom. The van der Waals surface area contributed by atoms with Crippen LogP contribution in [0.1, 0.15) is 11.9 Å². The SMILES string of the molecule is COc1ccc(C2OCC3O[C@@H](O[C@@H]4C(CO)O[C@@H](Sc5ccccc5)C(O)C4O)C(O)C(O)[C@@H]3O2)cc1. The highest BCUT2D eigenvalue weighted by Crippen LogP contribution is 2.38. The Hall–Kier alpha value is -1.81. The maximum absolute atomic E-state index is 10.9. The minimum Gasteiger partial charge on any atom is -0.497 e. The zero-order chi connectivity index (χ0) is 26.8. The van der Waals surface area contributed by atoms with Crippen molar-refractivity contribution in [2.45, 2.75) is 71.7 Å². The molecule has 208 valence electrons. The molecule has 11 nitrogen and oxygen atoms in total. The van der Waals surface area contributed by atoms with E-state index in [4.69, 9.17) is 28.4 Å². The summed E-state index contributed by atoms with van der Waals surface area (Å²) in [5, 5.41) is 53.2. The van der Waals surface area contributed by atoms with Gasteiger partial charge in [-0.2, -0.15) is 0 Å². The molecule has 3 aliphatic rings. The van der Waals surface area contributed by atoms with Crippen molar-refractivity contribution >= 4 is 11.8 Å².